The third-order valence-corrected chi connectivity index (χ3v) is 5.62. The predicted octanol–water partition coefficient (Wildman–Crippen LogP) is 3.98. The molecule has 2 aliphatic rings. The molecule has 3 rings (SSSR count). The molecule has 2 bridgehead atoms. The molecule has 19 heavy (non-hydrogen) atoms. The molecule has 2 aliphatic carbocycles. The Hall–Kier alpha value is -1.57. The average molecular weight is 256 g/mol. The van der Waals surface area contributed by atoms with Crippen molar-refractivity contribution in [2.24, 2.45) is 16.7 Å². The van der Waals surface area contributed by atoms with E-state index in [1.807, 2.05) is 30.3 Å². The van der Waals surface area contributed by atoms with Crippen molar-refractivity contribution in [3.05, 3.63) is 41.5 Å². The van der Waals surface area contributed by atoms with Crippen LogP contribution in [0.1, 0.15) is 39.2 Å². The molecular formula is C17H20O2. The van der Waals surface area contributed by atoms with Crippen LogP contribution in [0.25, 0.3) is 5.76 Å². The van der Waals surface area contributed by atoms with E-state index in [9.17, 15) is 9.90 Å². The average Bonchev–Trinajstić information content (AvgIpc) is 2.71. The lowest BCUT2D eigenvalue weighted by Gasteiger charge is -2.31. The van der Waals surface area contributed by atoms with E-state index in [2.05, 4.69) is 20.8 Å². The molecule has 0 saturated heterocycles. The molecule has 2 unspecified atom stereocenters. The summed E-state index contributed by atoms with van der Waals surface area (Å²) in [5.41, 5.74) is 1.04. The van der Waals surface area contributed by atoms with E-state index in [0.29, 0.717) is 5.57 Å². The number of aliphatic hydroxyl groups excluding tert-OH is 1. The van der Waals surface area contributed by atoms with Gasteiger partial charge < -0.3 is 5.11 Å². The molecule has 2 fully saturated rings. The third kappa shape index (κ3) is 1.40. The summed E-state index contributed by atoms with van der Waals surface area (Å²) < 4.78 is 0. The number of aliphatic hydroxyl groups is 1. The Labute approximate surface area is 114 Å². The highest BCUT2D eigenvalue weighted by Crippen LogP contribution is 2.66. The fourth-order valence-corrected chi connectivity index (χ4v) is 3.89. The van der Waals surface area contributed by atoms with Crippen molar-refractivity contribution in [2.45, 2.75) is 33.6 Å². The van der Waals surface area contributed by atoms with Gasteiger partial charge in [-0.1, -0.05) is 51.1 Å². The van der Waals surface area contributed by atoms with Gasteiger partial charge in [0.2, 0.25) is 0 Å². The first-order chi connectivity index (χ1) is 8.89. The fourth-order valence-electron chi connectivity index (χ4n) is 3.89. The number of carbonyl (C=O) groups excluding carboxylic acids is 1. The Morgan fingerprint density at radius 1 is 1.21 bits per heavy atom. The zero-order valence-electron chi connectivity index (χ0n) is 11.7. The maximum absolute atomic E-state index is 12.7. The normalized spacial score (nSPS) is 34.7. The summed E-state index contributed by atoms with van der Waals surface area (Å²) in [5.74, 6) is 0.521. The minimum atomic E-state index is -0.310. The van der Waals surface area contributed by atoms with E-state index >= 15 is 0 Å². The molecule has 2 atom stereocenters. The number of benzene rings is 1. The first kappa shape index (κ1) is 12.5. The Kier molecular flexibility index (Phi) is 2.44. The van der Waals surface area contributed by atoms with Crippen molar-refractivity contribution < 1.29 is 9.90 Å². The molecule has 1 aromatic carbocycles. The van der Waals surface area contributed by atoms with Crippen LogP contribution in [0.15, 0.2) is 35.9 Å². The van der Waals surface area contributed by atoms with Crippen molar-refractivity contribution in [1.29, 1.82) is 0 Å². The molecular weight excluding hydrogens is 236 g/mol. The van der Waals surface area contributed by atoms with E-state index in [0.717, 1.165) is 18.4 Å². The second-order valence-corrected chi connectivity index (χ2v) is 6.60. The summed E-state index contributed by atoms with van der Waals surface area (Å²) in [7, 11) is 0. The van der Waals surface area contributed by atoms with Crippen molar-refractivity contribution in [2.75, 3.05) is 0 Å². The van der Waals surface area contributed by atoms with Gasteiger partial charge in [-0.25, -0.2) is 0 Å². The number of fused-ring (bicyclic) bond motifs is 2. The van der Waals surface area contributed by atoms with Gasteiger partial charge in [0.05, 0.1) is 0 Å². The van der Waals surface area contributed by atoms with Crippen LogP contribution in [0.5, 0.6) is 0 Å². The zero-order chi connectivity index (χ0) is 13.8. The van der Waals surface area contributed by atoms with Crippen molar-refractivity contribution in [3.8, 4) is 0 Å². The number of allylic oxidation sites excluding steroid dienone is 1. The lowest BCUT2D eigenvalue weighted by molar-refractivity contribution is -0.125. The number of Topliss-reactive ketones (excluding diaryl/α,β-unsaturated/α-hetero) is 1. The maximum atomic E-state index is 12.7. The van der Waals surface area contributed by atoms with Gasteiger partial charge in [0.25, 0.3) is 0 Å². The van der Waals surface area contributed by atoms with E-state index in [-0.39, 0.29) is 28.3 Å². The van der Waals surface area contributed by atoms with Crippen LogP contribution in [0, 0.1) is 16.7 Å². The summed E-state index contributed by atoms with van der Waals surface area (Å²) in [6.07, 6.45) is 1.94. The molecule has 0 aliphatic heterocycles. The van der Waals surface area contributed by atoms with Gasteiger partial charge in [-0.05, 0) is 24.2 Å². The minimum Gasteiger partial charge on any atom is -0.507 e. The third-order valence-electron chi connectivity index (χ3n) is 5.62. The van der Waals surface area contributed by atoms with Gasteiger partial charge in [-0.15, -0.1) is 0 Å². The largest absolute Gasteiger partial charge is 0.507 e. The number of ketones is 1. The van der Waals surface area contributed by atoms with Crippen LogP contribution >= 0.6 is 0 Å². The lowest BCUT2D eigenvalue weighted by atomic mass is 9.70. The SMILES string of the molecule is CC12CCC(/C(=C(/O)c3ccccc3)C1=O)C2(C)C. The second kappa shape index (κ2) is 3.72. The van der Waals surface area contributed by atoms with E-state index < -0.39 is 0 Å². The van der Waals surface area contributed by atoms with Gasteiger partial charge in [0.1, 0.15) is 5.76 Å². The number of hydrogen-bond donors (Lipinski definition) is 1. The van der Waals surface area contributed by atoms with Crippen LogP contribution in [0.4, 0.5) is 0 Å². The number of hydrogen-bond acceptors (Lipinski definition) is 2. The summed E-state index contributed by atoms with van der Waals surface area (Å²) in [6.45, 7) is 6.38. The highest BCUT2D eigenvalue weighted by atomic mass is 16.3. The van der Waals surface area contributed by atoms with Gasteiger partial charge in [-0.3, -0.25) is 4.79 Å². The van der Waals surface area contributed by atoms with Crippen LogP contribution < -0.4 is 0 Å². The van der Waals surface area contributed by atoms with E-state index in [4.69, 9.17) is 0 Å². The van der Waals surface area contributed by atoms with Crippen LogP contribution in [-0.4, -0.2) is 10.9 Å². The molecule has 2 nitrogen and oxygen atoms in total. The number of carbonyl (C=O) groups is 1. The van der Waals surface area contributed by atoms with Gasteiger partial charge >= 0.3 is 0 Å². The Morgan fingerprint density at radius 3 is 2.37 bits per heavy atom. The van der Waals surface area contributed by atoms with Crippen molar-refractivity contribution in [3.63, 3.8) is 0 Å². The van der Waals surface area contributed by atoms with Crippen molar-refractivity contribution in [1.82, 2.24) is 0 Å². The smallest absolute Gasteiger partial charge is 0.169 e. The summed E-state index contributed by atoms with van der Waals surface area (Å²) in [6, 6.07) is 9.40. The summed E-state index contributed by atoms with van der Waals surface area (Å²) in [4.78, 5) is 12.7. The van der Waals surface area contributed by atoms with Gasteiger partial charge in [-0.2, -0.15) is 0 Å². The molecule has 0 heterocycles. The van der Waals surface area contributed by atoms with Crippen LogP contribution in [0.2, 0.25) is 0 Å². The maximum Gasteiger partial charge on any atom is 0.169 e. The highest BCUT2D eigenvalue weighted by molar-refractivity contribution is 6.09. The molecule has 0 spiro atoms. The molecule has 1 N–H and O–H groups in total. The Morgan fingerprint density at radius 2 is 1.84 bits per heavy atom. The van der Waals surface area contributed by atoms with E-state index in [1.54, 1.807) is 0 Å². The molecule has 0 amide bonds. The quantitative estimate of drug-likeness (QED) is 0.609. The topological polar surface area (TPSA) is 37.3 Å². The van der Waals surface area contributed by atoms with Gasteiger partial charge in [0, 0.05) is 16.6 Å². The van der Waals surface area contributed by atoms with Crippen LogP contribution in [-0.2, 0) is 4.79 Å². The number of rotatable bonds is 1. The van der Waals surface area contributed by atoms with E-state index in [1.165, 1.54) is 0 Å². The molecule has 2 heteroatoms. The molecule has 1 aromatic rings. The first-order valence-corrected chi connectivity index (χ1v) is 6.93. The standard InChI is InChI=1S/C17H20O2/c1-16(2)12-9-10-17(16,3)15(19)13(12)14(18)11-7-5-4-6-8-11/h4-8,12,18H,9-10H2,1-3H3/b14-13-. The molecule has 0 aromatic heterocycles. The highest BCUT2D eigenvalue weighted by Gasteiger charge is 2.64. The zero-order valence-corrected chi connectivity index (χ0v) is 11.7. The Balaban J connectivity index is 2.16. The summed E-state index contributed by atoms with van der Waals surface area (Å²) >= 11 is 0. The molecule has 2 saturated carbocycles. The summed E-state index contributed by atoms with van der Waals surface area (Å²) in [5, 5.41) is 10.5. The Bertz CT molecular complexity index is 568. The van der Waals surface area contributed by atoms with Gasteiger partial charge in [0.15, 0.2) is 5.78 Å². The lowest BCUT2D eigenvalue weighted by Crippen LogP contribution is -2.32. The molecule has 100 valence electrons. The monoisotopic (exact) mass is 256 g/mol. The fraction of sp³-hybridized carbons (Fsp3) is 0.471. The second-order valence-electron chi connectivity index (χ2n) is 6.60. The predicted molar refractivity (Wildman–Crippen MR) is 75.6 cm³/mol. The van der Waals surface area contributed by atoms with Crippen molar-refractivity contribution >= 4 is 11.5 Å². The minimum absolute atomic E-state index is 0.0534. The first-order valence-electron chi connectivity index (χ1n) is 6.93. The molecule has 0 radical (unpaired) electrons. The van der Waals surface area contributed by atoms with Crippen LogP contribution in [0.3, 0.4) is 0 Å².